The van der Waals surface area contributed by atoms with E-state index in [-0.39, 0.29) is 5.57 Å². The first kappa shape index (κ1) is 8.62. The maximum atomic E-state index is 8.59. The summed E-state index contributed by atoms with van der Waals surface area (Å²) in [6, 6.07) is 3.69. The molecule has 0 bridgehead atoms. The van der Waals surface area contributed by atoms with Crippen molar-refractivity contribution in [2.24, 2.45) is 5.92 Å². The summed E-state index contributed by atoms with van der Waals surface area (Å²) in [6.45, 7) is 0. The van der Waals surface area contributed by atoms with Gasteiger partial charge in [-0.2, -0.15) is 10.5 Å². The van der Waals surface area contributed by atoms with Gasteiger partial charge < -0.3 is 4.74 Å². The highest BCUT2D eigenvalue weighted by Crippen LogP contribution is 2.34. The Balaban J connectivity index is 2.85. The quantitative estimate of drug-likeness (QED) is 0.459. The van der Waals surface area contributed by atoms with E-state index in [1.165, 1.54) is 13.5 Å². The second kappa shape index (κ2) is 3.78. The molecule has 1 aliphatic rings. The van der Waals surface area contributed by atoms with Crippen LogP contribution in [0.15, 0.2) is 11.3 Å². The lowest BCUT2D eigenvalue weighted by Crippen LogP contribution is -2.16. The first-order valence-electron chi connectivity index (χ1n) is 3.91. The second-order valence-electron chi connectivity index (χ2n) is 2.79. The van der Waals surface area contributed by atoms with Gasteiger partial charge in [-0.05, 0) is 12.8 Å². The molecule has 0 unspecified atom stereocenters. The minimum atomic E-state index is 0.127. The maximum Gasteiger partial charge on any atom is 0.167 e. The number of methoxy groups -OCH3 is 1. The van der Waals surface area contributed by atoms with E-state index in [1.54, 1.807) is 0 Å². The Morgan fingerprint density at radius 3 is 2.17 bits per heavy atom. The summed E-state index contributed by atoms with van der Waals surface area (Å²) in [7, 11) is 1.52. The first-order valence-corrected chi connectivity index (χ1v) is 3.91. The molecule has 12 heavy (non-hydrogen) atoms. The molecule has 1 rings (SSSR count). The van der Waals surface area contributed by atoms with Gasteiger partial charge in [0.25, 0.3) is 0 Å². The van der Waals surface area contributed by atoms with Crippen molar-refractivity contribution in [1.82, 2.24) is 0 Å². The van der Waals surface area contributed by atoms with Crippen molar-refractivity contribution >= 4 is 0 Å². The molecule has 62 valence electrons. The molecule has 3 heteroatoms. The van der Waals surface area contributed by atoms with Gasteiger partial charge in [-0.25, -0.2) is 0 Å². The number of hydrogen-bond donors (Lipinski definition) is 0. The largest absolute Gasteiger partial charge is 0.499 e. The molecule has 0 amide bonds. The van der Waals surface area contributed by atoms with E-state index in [9.17, 15) is 0 Å². The van der Waals surface area contributed by atoms with Crippen LogP contribution in [0.25, 0.3) is 0 Å². The van der Waals surface area contributed by atoms with Crippen LogP contribution in [0, 0.1) is 28.6 Å². The van der Waals surface area contributed by atoms with Crippen molar-refractivity contribution in [1.29, 1.82) is 10.5 Å². The number of nitrogens with zero attached hydrogens (tertiary/aromatic N) is 2. The fourth-order valence-electron chi connectivity index (χ4n) is 1.28. The molecule has 0 aliphatic heterocycles. The number of ether oxygens (including phenoxy) is 1. The Kier molecular flexibility index (Phi) is 2.71. The fraction of sp³-hybridized carbons (Fsp3) is 0.556. The highest BCUT2D eigenvalue weighted by Gasteiger charge is 2.25. The molecule has 0 saturated heterocycles. The standard InChI is InChI=1S/C9H10N2O/c1-12-9(7-3-2-4-7)8(5-10)6-11/h7H,2-4H2,1H3. The molecule has 0 radical (unpaired) electrons. The lowest BCUT2D eigenvalue weighted by Gasteiger charge is -2.26. The topological polar surface area (TPSA) is 56.8 Å². The Morgan fingerprint density at radius 1 is 1.33 bits per heavy atom. The van der Waals surface area contributed by atoms with E-state index in [0.717, 1.165) is 12.8 Å². The summed E-state index contributed by atoms with van der Waals surface area (Å²) in [5.41, 5.74) is 0.127. The van der Waals surface area contributed by atoms with Crippen molar-refractivity contribution in [3.8, 4) is 12.1 Å². The van der Waals surface area contributed by atoms with E-state index < -0.39 is 0 Å². The lowest BCUT2D eigenvalue weighted by molar-refractivity contribution is 0.191. The summed E-state index contributed by atoms with van der Waals surface area (Å²) in [4.78, 5) is 0. The van der Waals surface area contributed by atoms with Crippen LogP contribution in [-0.2, 0) is 4.74 Å². The zero-order valence-electron chi connectivity index (χ0n) is 7.00. The molecule has 3 nitrogen and oxygen atoms in total. The Bertz CT molecular complexity index is 260. The highest BCUT2D eigenvalue weighted by atomic mass is 16.5. The predicted octanol–water partition coefficient (Wildman–Crippen LogP) is 1.73. The molecule has 1 fully saturated rings. The van der Waals surface area contributed by atoms with Crippen LogP contribution in [-0.4, -0.2) is 7.11 Å². The van der Waals surface area contributed by atoms with Crippen LogP contribution in [0.4, 0.5) is 0 Å². The third kappa shape index (κ3) is 1.40. The molecule has 0 aromatic carbocycles. The minimum absolute atomic E-state index is 0.127. The summed E-state index contributed by atoms with van der Waals surface area (Å²) in [6.07, 6.45) is 3.24. The highest BCUT2D eigenvalue weighted by molar-refractivity contribution is 5.39. The van der Waals surface area contributed by atoms with Crippen molar-refractivity contribution in [3.63, 3.8) is 0 Å². The normalized spacial score (nSPS) is 15.2. The van der Waals surface area contributed by atoms with Crippen LogP contribution in [0.1, 0.15) is 19.3 Å². The Labute approximate surface area is 71.9 Å². The van der Waals surface area contributed by atoms with Gasteiger partial charge in [0.15, 0.2) is 5.57 Å². The van der Waals surface area contributed by atoms with Crippen molar-refractivity contribution in [2.75, 3.05) is 7.11 Å². The molecule has 0 spiro atoms. The van der Waals surface area contributed by atoms with Gasteiger partial charge in [0.1, 0.15) is 17.9 Å². The van der Waals surface area contributed by atoms with Crippen molar-refractivity contribution in [3.05, 3.63) is 11.3 Å². The fourth-order valence-corrected chi connectivity index (χ4v) is 1.28. The predicted molar refractivity (Wildman–Crippen MR) is 42.6 cm³/mol. The molecular formula is C9H10N2O. The van der Waals surface area contributed by atoms with Gasteiger partial charge in [0.2, 0.25) is 0 Å². The van der Waals surface area contributed by atoms with Gasteiger partial charge in [0, 0.05) is 5.92 Å². The van der Waals surface area contributed by atoms with Crippen LogP contribution >= 0.6 is 0 Å². The summed E-state index contributed by atoms with van der Waals surface area (Å²) >= 11 is 0. The molecule has 1 aliphatic carbocycles. The molecule has 0 atom stereocenters. The second-order valence-corrected chi connectivity index (χ2v) is 2.79. The molecule has 0 N–H and O–H groups in total. The monoisotopic (exact) mass is 162 g/mol. The molecule has 1 saturated carbocycles. The Hall–Kier alpha value is -1.48. The van der Waals surface area contributed by atoms with E-state index >= 15 is 0 Å². The number of nitriles is 2. The molecule has 0 heterocycles. The summed E-state index contributed by atoms with van der Waals surface area (Å²) < 4.78 is 5.03. The van der Waals surface area contributed by atoms with Gasteiger partial charge in [-0.3, -0.25) is 0 Å². The van der Waals surface area contributed by atoms with Crippen LogP contribution in [0.3, 0.4) is 0 Å². The third-order valence-electron chi connectivity index (χ3n) is 2.17. The maximum absolute atomic E-state index is 8.59. The number of rotatable bonds is 2. The lowest BCUT2D eigenvalue weighted by atomic mass is 9.82. The zero-order valence-corrected chi connectivity index (χ0v) is 7.00. The zero-order chi connectivity index (χ0) is 8.97. The van der Waals surface area contributed by atoms with Gasteiger partial charge in [-0.1, -0.05) is 6.42 Å². The Morgan fingerprint density at radius 2 is 1.92 bits per heavy atom. The van der Waals surface area contributed by atoms with E-state index in [1.807, 2.05) is 12.1 Å². The minimum Gasteiger partial charge on any atom is -0.499 e. The SMILES string of the molecule is COC(=C(C#N)C#N)C1CCC1. The van der Waals surface area contributed by atoms with Crippen LogP contribution in [0.2, 0.25) is 0 Å². The molecule has 0 aromatic rings. The average molecular weight is 162 g/mol. The number of hydrogen-bond acceptors (Lipinski definition) is 3. The van der Waals surface area contributed by atoms with E-state index in [2.05, 4.69) is 0 Å². The van der Waals surface area contributed by atoms with Crippen LogP contribution in [0.5, 0.6) is 0 Å². The van der Waals surface area contributed by atoms with E-state index in [0.29, 0.717) is 11.7 Å². The number of allylic oxidation sites excluding steroid dienone is 2. The summed E-state index contributed by atoms with van der Waals surface area (Å²) in [5, 5.41) is 17.2. The first-order chi connectivity index (χ1) is 5.83. The van der Waals surface area contributed by atoms with Gasteiger partial charge in [-0.15, -0.1) is 0 Å². The van der Waals surface area contributed by atoms with Crippen molar-refractivity contribution in [2.45, 2.75) is 19.3 Å². The van der Waals surface area contributed by atoms with Gasteiger partial charge in [0.05, 0.1) is 7.11 Å². The molecular weight excluding hydrogens is 152 g/mol. The molecule has 0 aromatic heterocycles. The van der Waals surface area contributed by atoms with Gasteiger partial charge >= 0.3 is 0 Å². The average Bonchev–Trinajstić information content (AvgIpc) is 2.01. The van der Waals surface area contributed by atoms with Crippen LogP contribution < -0.4 is 0 Å². The van der Waals surface area contributed by atoms with E-state index in [4.69, 9.17) is 15.3 Å². The smallest absolute Gasteiger partial charge is 0.167 e. The van der Waals surface area contributed by atoms with Crippen molar-refractivity contribution < 1.29 is 4.74 Å². The third-order valence-corrected chi connectivity index (χ3v) is 2.17. The summed E-state index contributed by atoms with van der Waals surface area (Å²) in [5.74, 6) is 0.885.